The van der Waals surface area contributed by atoms with Crippen LogP contribution in [0.2, 0.25) is 0 Å². The number of amides is 1. The highest BCUT2D eigenvalue weighted by atomic mass is 16.2. The summed E-state index contributed by atoms with van der Waals surface area (Å²) in [6.07, 6.45) is 7.32. The van der Waals surface area contributed by atoms with Crippen molar-refractivity contribution < 1.29 is 4.79 Å². The number of likely N-dealkylation sites (tertiary alicyclic amines) is 2. The van der Waals surface area contributed by atoms with Crippen molar-refractivity contribution in [3.05, 3.63) is 0 Å². The van der Waals surface area contributed by atoms with Crippen molar-refractivity contribution >= 4 is 5.91 Å². The quantitative estimate of drug-likeness (QED) is 0.770. The van der Waals surface area contributed by atoms with E-state index in [2.05, 4.69) is 23.6 Å². The lowest BCUT2D eigenvalue weighted by Crippen LogP contribution is -2.49. The molecule has 3 nitrogen and oxygen atoms in total. The van der Waals surface area contributed by atoms with Gasteiger partial charge < -0.3 is 4.90 Å². The molecule has 0 aliphatic carbocycles. The molecule has 0 aromatic carbocycles. The molecule has 1 unspecified atom stereocenters. The van der Waals surface area contributed by atoms with E-state index in [-0.39, 0.29) is 0 Å². The van der Waals surface area contributed by atoms with Gasteiger partial charge in [0.05, 0.1) is 6.54 Å². The maximum absolute atomic E-state index is 12.4. The van der Waals surface area contributed by atoms with Gasteiger partial charge in [-0.25, -0.2) is 0 Å². The fraction of sp³-hybridized carbons (Fsp3) is 0.933. The van der Waals surface area contributed by atoms with Crippen molar-refractivity contribution in [1.29, 1.82) is 0 Å². The zero-order valence-corrected chi connectivity index (χ0v) is 12.0. The van der Waals surface area contributed by atoms with Crippen LogP contribution in [0.25, 0.3) is 0 Å². The number of hydrogen-bond donors (Lipinski definition) is 0. The van der Waals surface area contributed by atoms with Gasteiger partial charge in [0.25, 0.3) is 0 Å². The Hall–Kier alpha value is -0.570. The molecule has 0 aromatic heterocycles. The van der Waals surface area contributed by atoms with Crippen LogP contribution in [0.5, 0.6) is 0 Å². The Morgan fingerprint density at radius 3 is 2.50 bits per heavy atom. The second-order valence-electron chi connectivity index (χ2n) is 6.10. The van der Waals surface area contributed by atoms with Crippen LogP contribution in [0.15, 0.2) is 0 Å². The lowest BCUT2D eigenvalue weighted by Gasteiger charge is -2.37. The van der Waals surface area contributed by atoms with Crippen molar-refractivity contribution in [2.75, 3.05) is 26.2 Å². The monoisotopic (exact) mass is 252 g/mol. The number of hydrogen-bond acceptors (Lipinski definition) is 2. The number of carbonyl (C=O) groups is 1. The Labute approximate surface area is 112 Å². The molecule has 0 aromatic rings. The van der Waals surface area contributed by atoms with E-state index in [1.165, 1.54) is 32.1 Å². The first kappa shape index (κ1) is 13.9. The normalized spacial score (nSPS) is 27.4. The molecule has 1 amide bonds. The second-order valence-corrected chi connectivity index (χ2v) is 6.10. The van der Waals surface area contributed by atoms with Crippen LogP contribution >= 0.6 is 0 Å². The van der Waals surface area contributed by atoms with Gasteiger partial charge in [-0.1, -0.05) is 13.8 Å². The van der Waals surface area contributed by atoms with Gasteiger partial charge in [0.15, 0.2) is 0 Å². The minimum atomic E-state index is 0.371. The van der Waals surface area contributed by atoms with Crippen molar-refractivity contribution in [1.82, 2.24) is 9.80 Å². The molecule has 0 bridgehead atoms. The summed E-state index contributed by atoms with van der Waals surface area (Å²) in [4.78, 5) is 16.9. The molecule has 0 radical (unpaired) electrons. The van der Waals surface area contributed by atoms with Gasteiger partial charge in [0, 0.05) is 12.6 Å². The van der Waals surface area contributed by atoms with E-state index in [1.807, 2.05) is 0 Å². The number of piperidine rings is 2. The van der Waals surface area contributed by atoms with E-state index in [0.717, 1.165) is 32.0 Å². The van der Waals surface area contributed by atoms with Crippen molar-refractivity contribution in [3.63, 3.8) is 0 Å². The Morgan fingerprint density at radius 1 is 1.11 bits per heavy atom. The van der Waals surface area contributed by atoms with E-state index < -0.39 is 0 Å². The van der Waals surface area contributed by atoms with Crippen LogP contribution < -0.4 is 0 Å². The highest BCUT2D eigenvalue weighted by Crippen LogP contribution is 2.21. The van der Waals surface area contributed by atoms with Crippen LogP contribution in [0.1, 0.15) is 52.4 Å². The summed E-state index contributed by atoms with van der Waals surface area (Å²) >= 11 is 0. The van der Waals surface area contributed by atoms with Crippen LogP contribution in [-0.4, -0.2) is 47.9 Å². The maximum Gasteiger partial charge on any atom is 0.236 e. The van der Waals surface area contributed by atoms with Gasteiger partial charge in [-0.2, -0.15) is 0 Å². The zero-order chi connectivity index (χ0) is 13.0. The van der Waals surface area contributed by atoms with Crippen LogP contribution in [0.3, 0.4) is 0 Å². The molecule has 2 heterocycles. The first-order valence-corrected chi connectivity index (χ1v) is 7.72. The fourth-order valence-corrected chi connectivity index (χ4v) is 3.26. The summed E-state index contributed by atoms with van der Waals surface area (Å²) < 4.78 is 0. The third kappa shape index (κ3) is 3.47. The minimum absolute atomic E-state index is 0.371. The lowest BCUT2D eigenvalue weighted by molar-refractivity contribution is -0.136. The molecule has 18 heavy (non-hydrogen) atoms. The third-order valence-electron chi connectivity index (χ3n) is 4.65. The highest BCUT2D eigenvalue weighted by Gasteiger charge is 2.27. The lowest BCUT2D eigenvalue weighted by atomic mass is 9.98. The molecular formula is C15H28N2O. The minimum Gasteiger partial charge on any atom is -0.339 e. The molecule has 0 saturated carbocycles. The summed E-state index contributed by atoms with van der Waals surface area (Å²) in [5.74, 6) is 1.21. The Morgan fingerprint density at radius 2 is 1.83 bits per heavy atom. The number of nitrogens with zero attached hydrogens (tertiary/aromatic N) is 2. The van der Waals surface area contributed by atoms with E-state index in [0.29, 0.717) is 18.5 Å². The topological polar surface area (TPSA) is 23.6 Å². The molecule has 2 fully saturated rings. The van der Waals surface area contributed by atoms with Gasteiger partial charge in [0.1, 0.15) is 0 Å². The molecule has 2 saturated heterocycles. The maximum atomic E-state index is 12.4. The summed E-state index contributed by atoms with van der Waals surface area (Å²) in [6, 6.07) is 0.509. The SMILES string of the molecule is CCC1CCCCN1C(=O)CN1CCC(C)CC1. The van der Waals surface area contributed by atoms with Gasteiger partial charge in [-0.15, -0.1) is 0 Å². The van der Waals surface area contributed by atoms with E-state index in [9.17, 15) is 4.79 Å². The molecule has 2 aliphatic rings. The van der Waals surface area contributed by atoms with Gasteiger partial charge >= 0.3 is 0 Å². The number of rotatable bonds is 3. The van der Waals surface area contributed by atoms with Crippen molar-refractivity contribution in [2.24, 2.45) is 5.92 Å². The molecule has 3 heteroatoms. The molecule has 1 atom stereocenters. The molecular weight excluding hydrogens is 224 g/mol. The molecule has 0 N–H and O–H groups in total. The van der Waals surface area contributed by atoms with Crippen LogP contribution in [0.4, 0.5) is 0 Å². The molecule has 104 valence electrons. The average Bonchev–Trinajstić information content (AvgIpc) is 2.41. The Balaban J connectivity index is 1.82. The van der Waals surface area contributed by atoms with E-state index in [4.69, 9.17) is 0 Å². The Kier molecular flexibility index (Phi) is 5.04. The van der Waals surface area contributed by atoms with Crippen molar-refractivity contribution in [3.8, 4) is 0 Å². The van der Waals surface area contributed by atoms with Crippen molar-refractivity contribution in [2.45, 2.75) is 58.4 Å². The van der Waals surface area contributed by atoms with Crippen LogP contribution in [-0.2, 0) is 4.79 Å². The van der Waals surface area contributed by atoms with Gasteiger partial charge in [0.2, 0.25) is 5.91 Å². The van der Waals surface area contributed by atoms with Gasteiger partial charge in [-0.05, 0) is 57.5 Å². The van der Waals surface area contributed by atoms with E-state index in [1.54, 1.807) is 0 Å². The fourth-order valence-electron chi connectivity index (χ4n) is 3.26. The van der Waals surface area contributed by atoms with Crippen LogP contribution in [0, 0.1) is 5.92 Å². The first-order valence-electron chi connectivity index (χ1n) is 7.72. The summed E-state index contributed by atoms with van der Waals surface area (Å²) in [6.45, 7) is 8.38. The standard InChI is InChI=1S/C15H28N2O/c1-3-14-6-4-5-9-17(14)15(18)12-16-10-7-13(2)8-11-16/h13-14H,3-12H2,1-2H3. The molecule has 2 rings (SSSR count). The Bertz CT molecular complexity index is 272. The average molecular weight is 252 g/mol. The summed E-state index contributed by atoms with van der Waals surface area (Å²) in [5, 5.41) is 0. The zero-order valence-electron chi connectivity index (χ0n) is 12.0. The molecule has 0 spiro atoms. The largest absolute Gasteiger partial charge is 0.339 e. The van der Waals surface area contributed by atoms with E-state index >= 15 is 0 Å². The molecule has 2 aliphatic heterocycles. The predicted molar refractivity (Wildman–Crippen MR) is 74.5 cm³/mol. The summed E-state index contributed by atoms with van der Waals surface area (Å²) in [5.41, 5.74) is 0. The number of carbonyl (C=O) groups excluding carboxylic acids is 1. The third-order valence-corrected chi connectivity index (χ3v) is 4.65. The highest BCUT2D eigenvalue weighted by molar-refractivity contribution is 5.78. The predicted octanol–water partition coefficient (Wildman–Crippen LogP) is 2.51. The second kappa shape index (κ2) is 6.55. The first-order chi connectivity index (χ1) is 8.70. The smallest absolute Gasteiger partial charge is 0.236 e. The summed E-state index contributed by atoms with van der Waals surface area (Å²) in [7, 11) is 0. The van der Waals surface area contributed by atoms with Gasteiger partial charge in [-0.3, -0.25) is 9.69 Å².